The van der Waals surface area contributed by atoms with E-state index < -0.39 is 0 Å². The Bertz CT molecular complexity index is 1480. The number of hydrogen-bond donors (Lipinski definition) is 2. The molecule has 0 bridgehead atoms. The van der Waals surface area contributed by atoms with Crippen molar-refractivity contribution in [1.82, 2.24) is 29.5 Å². The molecule has 1 aliphatic heterocycles. The lowest BCUT2D eigenvalue weighted by atomic mass is 9.91. The van der Waals surface area contributed by atoms with E-state index in [0.717, 1.165) is 71.0 Å². The van der Waals surface area contributed by atoms with Crippen LogP contribution in [0.2, 0.25) is 0 Å². The van der Waals surface area contributed by atoms with Gasteiger partial charge in [0.1, 0.15) is 23.3 Å². The van der Waals surface area contributed by atoms with Crippen molar-refractivity contribution < 1.29 is 4.74 Å². The monoisotopic (exact) mass is 453 g/mol. The first-order valence-corrected chi connectivity index (χ1v) is 11.7. The molecule has 1 fully saturated rings. The molecule has 8 heteroatoms. The van der Waals surface area contributed by atoms with E-state index in [9.17, 15) is 0 Å². The van der Waals surface area contributed by atoms with Gasteiger partial charge in [-0.2, -0.15) is 5.10 Å². The first kappa shape index (κ1) is 20.7. The number of piperidine rings is 1. The van der Waals surface area contributed by atoms with Gasteiger partial charge in [0.2, 0.25) is 0 Å². The zero-order chi connectivity index (χ0) is 23.1. The molecule has 172 valence electrons. The molecule has 0 amide bonds. The smallest absolute Gasteiger partial charge is 0.158 e. The maximum atomic E-state index is 6.18. The minimum Gasteiger partial charge on any atom is -0.457 e. The summed E-state index contributed by atoms with van der Waals surface area (Å²) < 4.78 is 10.1. The van der Waals surface area contributed by atoms with Crippen LogP contribution in [0.4, 0.5) is 11.5 Å². The van der Waals surface area contributed by atoms with Crippen LogP contribution in [-0.4, -0.2) is 37.2 Å². The van der Waals surface area contributed by atoms with Crippen molar-refractivity contribution in [2.24, 2.45) is 7.05 Å². The summed E-state index contributed by atoms with van der Waals surface area (Å²) in [4.78, 5) is 9.00. The van der Waals surface area contributed by atoms with Gasteiger partial charge in [-0.3, -0.25) is 0 Å². The third kappa shape index (κ3) is 3.76. The highest BCUT2D eigenvalue weighted by Gasteiger charge is 2.21. The molecule has 2 aromatic carbocycles. The first-order chi connectivity index (χ1) is 16.7. The van der Waals surface area contributed by atoms with Crippen molar-refractivity contribution in [3.63, 3.8) is 0 Å². The van der Waals surface area contributed by atoms with Crippen molar-refractivity contribution in [2.45, 2.75) is 25.7 Å². The SMILES string of the molecule is Cc1cc(Nc2ncnn3ccc(C4CCNCC4)c23)ccc1Oc1ccc2c(c1)ncn2C. The molecule has 6 rings (SSSR count). The highest BCUT2D eigenvalue weighted by Crippen LogP contribution is 2.34. The summed E-state index contributed by atoms with van der Waals surface area (Å²) >= 11 is 0. The second-order valence-electron chi connectivity index (χ2n) is 8.91. The van der Waals surface area contributed by atoms with Gasteiger partial charge in [-0.05, 0) is 86.3 Å². The topological polar surface area (TPSA) is 81.3 Å². The van der Waals surface area contributed by atoms with Gasteiger partial charge < -0.3 is 19.9 Å². The number of ether oxygens (including phenoxy) is 1. The van der Waals surface area contributed by atoms with Gasteiger partial charge in [0, 0.05) is 25.0 Å². The number of aromatic nitrogens is 5. The van der Waals surface area contributed by atoms with Gasteiger partial charge in [0.05, 0.1) is 17.4 Å². The summed E-state index contributed by atoms with van der Waals surface area (Å²) in [7, 11) is 1.99. The average Bonchev–Trinajstić information content (AvgIpc) is 3.46. The molecule has 0 saturated carbocycles. The lowest BCUT2D eigenvalue weighted by Crippen LogP contribution is -2.26. The number of hydrogen-bond acceptors (Lipinski definition) is 6. The zero-order valence-electron chi connectivity index (χ0n) is 19.3. The van der Waals surface area contributed by atoms with E-state index in [-0.39, 0.29) is 0 Å². The fourth-order valence-corrected chi connectivity index (χ4v) is 4.82. The summed E-state index contributed by atoms with van der Waals surface area (Å²) in [6.07, 6.45) is 7.69. The molecular formula is C26H27N7O. The van der Waals surface area contributed by atoms with Gasteiger partial charge in [-0.25, -0.2) is 14.5 Å². The Morgan fingerprint density at radius 3 is 2.79 bits per heavy atom. The number of nitrogens with one attached hydrogen (secondary N) is 2. The summed E-state index contributed by atoms with van der Waals surface area (Å²) in [5.74, 6) is 2.92. The molecule has 0 radical (unpaired) electrons. The Morgan fingerprint density at radius 2 is 1.94 bits per heavy atom. The molecule has 5 aromatic rings. The van der Waals surface area contributed by atoms with E-state index in [1.54, 1.807) is 6.33 Å². The number of anilines is 2. The van der Waals surface area contributed by atoms with Crippen molar-refractivity contribution in [3.8, 4) is 11.5 Å². The number of benzene rings is 2. The van der Waals surface area contributed by atoms with Crippen molar-refractivity contribution in [1.29, 1.82) is 0 Å². The Kier molecular flexibility index (Phi) is 5.15. The number of nitrogens with zero attached hydrogens (tertiary/aromatic N) is 5. The van der Waals surface area contributed by atoms with Gasteiger partial charge in [0.25, 0.3) is 0 Å². The predicted octanol–water partition coefficient (Wildman–Crippen LogP) is 4.93. The molecule has 0 spiro atoms. The third-order valence-corrected chi connectivity index (χ3v) is 6.63. The third-order valence-electron chi connectivity index (χ3n) is 6.63. The molecule has 1 saturated heterocycles. The van der Waals surface area contributed by atoms with E-state index in [1.165, 1.54) is 5.56 Å². The van der Waals surface area contributed by atoms with E-state index in [1.807, 2.05) is 65.9 Å². The number of fused-ring (bicyclic) bond motifs is 2. The minimum atomic E-state index is 0.520. The van der Waals surface area contributed by atoms with Crippen molar-refractivity contribution >= 4 is 28.1 Å². The van der Waals surface area contributed by atoms with Crippen LogP contribution in [0.3, 0.4) is 0 Å². The van der Waals surface area contributed by atoms with Crippen molar-refractivity contribution in [2.75, 3.05) is 18.4 Å². The largest absolute Gasteiger partial charge is 0.457 e. The van der Waals surface area contributed by atoms with Crippen LogP contribution in [0, 0.1) is 6.92 Å². The fraction of sp³-hybridized carbons (Fsp3) is 0.269. The first-order valence-electron chi connectivity index (χ1n) is 11.7. The summed E-state index contributed by atoms with van der Waals surface area (Å²) in [5.41, 5.74) is 6.35. The maximum Gasteiger partial charge on any atom is 0.158 e. The maximum absolute atomic E-state index is 6.18. The molecule has 4 heterocycles. The predicted molar refractivity (Wildman–Crippen MR) is 133 cm³/mol. The van der Waals surface area contributed by atoms with E-state index in [4.69, 9.17) is 4.74 Å². The molecule has 2 N–H and O–H groups in total. The zero-order valence-corrected chi connectivity index (χ0v) is 19.3. The van der Waals surface area contributed by atoms with Gasteiger partial charge in [-0.15, -0.1) is 0 Å². The molecule has 0 aliphatic carbocycles. The van der Waals surface area contributed by atoms with Gasteiger partial charge in [0.15, 0.2) is 5.82 Å². The standard InChI is InChI=1S/C26H27N7O/c1-17-13-19(3-6-24(17)34-20-4-5-23-22(14-20)29-16-32(23)2)31-26-25-21(18-7-10-27-11-8-18)9-12-33(25)30-15-28-26/h3-6,9,12-16,18,27H,7-8,10-11H2,1-2H3,(H,28,30,31). The minimum absolute atomic E-state index is 0.520. The van der Waals surface area contributed by atoms with Crippen LogP contribution >= 0.6 is 0 Å². The number of aryl methyl sites for hydroxylation is 2. The molecule has 3 aromatic heterocycles. The van der Waals surface area contributed by atoms with Crippen molar-refractivity contribution in [3.05, 3.63) is 72.4 Å². The molecular weight excluding hydrogens is 426 g/mol. The Morgan fingerprint density at radius 1 is 1.06 bits per heavy atom. The summed E-state index contributed by atoms with van der Waals surface area (Å²) in [6, 6.07) is 14.3. The molecule has 8 nitrogen and oxygen atoms in total. The quantitative estimate of drug-likeness (QED) is 0.393. The highest BCUT2D eigenvalue weighted by atomic mass is 16.5. The molecule has 0 atom stereocenters. The molecule has 1 aliphatic rings. The normalized spacial score (nSPS) is 14.6. The highest BCUT2D eigenvalue weighted by molar-refractivity contribution is 5.78. The van der Waals surface area contributed by atoms with Gasteiger partial charge in [-0.1, -0.05) is 0 Å². The van der Waals surface area contributed by atoms with Crippen LogP contribution in [0.5, 0.6) is 11.5 Å². The second-order valence-corrected chi connectivity index (χ2v) is 8.91. The van der Waals surface area contributed by atoms with Crippen LogP contribution in [0.25, 0.3) is 16.6 Å². The number of imidazole rings is 1. The van der Waals surface area contributed by atoms with E-state index in [0.29, 0.717) is 5.92 Å². The van der Waals surface area contributed by atoms with E-state index in [2.05, 4.69) is 37.8 Å². The summed E-state index contributed by atoms with van der Waals surface area (Å²) in [5, 5.41) is 11.4. The van der Waals surface area contributed by atoms with Crippen LogP contribution < -0.4 is 15.4 Å². The average molecular weight is 454 g/mol. The van der Waals surface area contributed by atoms with E-state index >= 15 is 0 Å². The molecule has 34 heavy (non-hydrogen) atoms. The van der Waals surface area contributed by atoms with Crippen LogP contribution in [-0.2, 0) is 7.05 Å². The lowest BCUT2D eigenvalue weighted by molar-refractivity contribution is 0.462. The number of rotatable bonds is 5. The fourth-order valence-electron chi connectivity index (χ4n) is 4.82. The Hall–Kier alpha value is -3.91. The van der Waals surface area contributed by atoms with Crippen LogP contribution in [0.15, 0.2) is 61.3 Å². The van der Waals surface area contributed by atoms with Gasteiger partial charge >= 0.3 is 0 Å². The Labute approximate surface area is 197 Å². The lowest BCUT2D eigenvalue weighted by Gasteiger charge is -2.22. The van der Waals surface area contributed by atoms with Crippen LogP contribution in [0.1, 0.15) is 29.9 Å². The Balaban J connectivity index is 1.26. The summed E-state index contributed by atoms with van der Waals surface area (Å²) in [6.45, 7) is 4.14. The second kappa shape index (κ2) is 8.46. The molecule has 0 unspecified atom stereocenters.